The van der Waals surface area contributed by atoms with Crippen molar-refractivity contribution in [3.63, 3.8) is 0 Å². The summed E-state index contributed by atoms with van der Waals surface area (Å²) in [5, 5.41) is 3.15. The zero-order chi connectivity index (χ0) is 18.5. The molecule has 1 aliphatic rings. The number of hydrogen-bond acceptors (Lipinski definition) is 4. The summed E-state index contributed by atoms with van der Waals surface area (Å²) < 4.78 is 10.3. The van der Waals surface area contributed by atoms with Gasteiger partial charge in [0.1, 0.15) is 5.75 Å². The Hall–Kier alpha value is -2.57. The quantitative estimate of drug-likeness (QED) is 0.893. The molecule has 0 bridgehead atoms. The molecule has 136 valence electrons. The first kappa shape index (κ1) is 18.2. The van der Waals surface area contributed by atoms with Gasteiger partial charge in [0, 0.05) is 29.9 Å². The minimum absolute atomic E-state index is 0.0342. The molecule has 0 radical (unpaired) electrons. The number of amides is 2. The Morgan fingerprint density at radius 3 is 2.35 bits per heavy atom. The van der Waals surface area contributed by atoms with Gasteiger partial charge in [-0.2, -0.15) is 0 Å². The Labute approximate surface area is 156 Å². The molecule has 1 heterocycles. The van der Waals surface area contributed by atoms with Crippen LogP contribution in [-0.2, 0) is 4.74 Å². The van der Waals surface area contributed by atoms with E-state index in [2.05, 4.69) is 5.32 Å². The summed E-state index contributed by atoms with van der Waals surface area (Å²) in [6.07, 6.45) is 0. The second-order valence-electron chi connectivity index (χ2n) is 5.79. The van der Waals surface area contributed by atoms with Gasteiger partial charge in [0.05, 0.1) is 25.3 Å². The number of benzene rings is 2. The van der Waals surface area contributed by atoms with E-state index in [1.807, 2.05) is 0 Å². The largest absolute Gasteiger partial charge is 0.495 e. The fourth-order valence-electron chi connectivity index (χ4n) is 2.66. The van der Waals surface area contributed by atoms with E-state index in [9.17, 15) is 9.59 Å². The van der Waals surface area contributed by atoms with Gasteiger partial charge in [-0.1, -0.05) is 11.6 Å². The Balaban J connectivity index is 1.66. The fourth-order valence-corrected chi connectivity index (χ4v) is 2.91. The highest BCUT2D eigenvalue weighted by Gasteiger charge is 2.18. The number of nitrogens with zero attached hydrogens (tertiary/aromatic N) is 1. The van der Waals surface area contributed by atoms with Gasteiger partial charge < -0.3 is 19.7 Å². The van der Waals surface area contributed by atoms with Gasteiger partial charge in [0.25, 0.3) is 11.8 Å². The number of nitrogens with one attached hydrogen (secondary N) is 1. The van der Waals surface area contributed by atoms with Crippen molar-refractivity contribution in [2.75, 3.05) is 38.7 Å². The van der Waals surface area contributed by atoms with Gasteiger partial charge in [-0.05, 0) is 42.5 Å². The smallest absolute Gasteiger partial charge is 0.255 e. The summed E-state index contributed by atoms with van der Waals surface area (Å²) >= 11 is 6.05. The van der Waals surface area contributed by atoms with E-state index in [4.69, 9.17) is 21.1 Å². The minimum Gasteiger partial charge on any atom is -0.495 e. The first-order valence-electron chi connectivity index (χ1n) is 8.20. The van der Waals surface area contributed by atoms with Crippen LogP contribution >= 0.6 is 11.6 Å². The molecular formula is C19H19ClN2O4. The standard InChI is InChI=1S/C19H19ClN2O4/c1-25-17-7-4-14(12-16(17)20)18(23)21-15-5-2-13(3-6-15)19(24)22-8-10-26-11-9-22/h2-7,12H,8-11H2,1H3,(H,21,23). The molecule has 0 spiro atoms. The van der Waals surface area contributed by atoms with Gasteiger partial charge in [0.2, 0.25) is 0 Å². The molecule has 0 unspecified atom stereocenters. The molecule has 1 fully saturated rings. The Kier molecular flexibility index (Phi) is 5.75. The summed E-state index contributed by atoms with van der Waals surface area (Å²) in [6, 6.07) is 11.6. The number of methoxy groups -OCH3 is 1. The van der Waals surface area contributed by atoms with Crippen LogP contribution < -0.4 is 10.1 Å². The zero-order valence-electron chi connectivity index (χ0n) is 14.3. The Morgan fingerprint density at radius 2 is 1.73 bits per heavy atom. The lowest BCUT2D eigenvalue weighted by Gasteiger charge is -2.26. The molecule has 6 nitrogen and oxygen atoms in total. The molecule has 1 saturated heterocycles. The molecule has 2 amide bonds. The second kappa shape index (κ2) is 8.21. The summed E-state index contributed by atoms with van der Waals surface area (Å²) in [5.41, 5.74) is 1.60. The average molecular weight is 375 g/mol. The number of rotatable bonds is 4. The molecule has 0 aromatic heterocycles. The van der Waals surface area contributed by atoms with Crippen molar-refractivity contribution in [1.82, 2.24) is 4.90 Å². The predicted molar refractivity (Wildman–Crippen MR) is 99.1 cm³/mol. The van der Waals surface area contributed by atoms with E-state index in [-0.39, 0.29) is 11.8 Å². The molecule has 3 rings (SSSR count). The van der Waals surface area contributed by atoms with E-state index >= 15 is 0 Å². The maximum absolute atomic E-state index is 12.4. The van der Waals surface area contributed by atoms with E-state index in [0.717, 1.165) is 0 Å². The molecule has 0 atom stereocenters. The lowest BCUT2D eigenvalue weighted by atomic mass is 10.1. The highest BCUT2D eigenvalue weighted by Crippen LogP contribution is 2.25. The van der Waals surface area contributed by atoms with Crippen molar-refractivity contribution in [1.29, 1.82) is 0 Å². The molecule has 26 heavy (non-hydrogen) atoms. The number of hydrogen-bond donors (Lipinski definition) is 1. The summed E-state index contributed by atoms with van der Waals surface area (Å²) in [7, 11) is 1.51. The summed E-state index contributed by atoms with van der Waals surface area (Å²) in [4.78, 5) is 26.5. The minimum atomic E-state index is -0.290. The van der Waals surface area contributed by atoms with Crippen LogP contribution in [-0.4, -0.2) is 50.1 Å². The molecule has 2 aromatic rings. The van der Waals surface area contributed by atoms with Crippen LogP contribution in [0.5, 0.6) is 5.75 Å². The molecule has 1 N–H and O–H groups in total. The lowest BCUT2D eigenvalue weighted by Crippen LogP contribution is -2.40. The maximum atomic E-state index is 12.4. The van der Waals surface area contributed by atoms with Crippen LogP contribution in [0.2, 0.25) is 5.02 Å². The van der Waals surface area contributed by atoms with Crippen molar-refractivity contribution in [2.24, 2.45) is 0 Å². The second-order valence-corrected chi connectivity index (χ2v) is 6.19. The van der Waals surface area contributed by atoms with Gasteiger partial charge in [-0.25, -0.2) is 0 Å². The molecule has 0 aliphatic carbocycles. The third kappa shape index (κ3) is 4.15. The monoisotopic (exact) mass is 374 g/mol. The maximum Gasteiger partial charge on any atom is 0.255 e. The van der Waals surface area contributed by atoms with E-state index in [1.54, 1.807) is 47.4 Å². The van der Waals surface area contributed by atoms with Crippen LogP contribution in [0.25, 0.3) is 0 Å². The fraction of sp³-hybridized carbons (Fsp3) is 0.263. The normalized spacial score (nSPS) is 14.0. The number of carbonyl (C=O) groups is 2. The first-order valence-corrected chi connectivity index (χ1v) is 8.58. The van der Waals surface area contributed by atoms with Gasteiger partial charge >= 0.3 is 0 Å². The molecule has 2 aromatic carbocycles. The Bertz CT molecular complexity index is 802. The van der Waals surface area contributed by atoms with Gasteiger partial charge in [-0.3, -0.25) is 9.59 Å². The van der Waals surface area contributed by atoms with Crippen molar-refractivity contribution in [3.8, 4) is 5.75 Å². The summed E-state index contributed by atoms with van der Waals surface area (Å²) in [5.74, 6) is 0.184. The van der Waals surface area contributed by atoms with E-state index in [0.29, 0.717) is 53.9 Å². The Morgan fingerprint density at radius 1 is 1.08 bits per heavy atom. The SMILES string of the molecule is COc1ccc(C(=O)Nc2ccc(C(=O)N3CCOCC3)cc2)cc1Cl. The topological polar surface area (TPSA) is 67.9 Å². The van der Waals surface area contributed by atoms with Crippen LogP contribution in [0.3, 0.4) is 0 Å². The van der Waals surface area contributed by atoms with Gasteiger partial charge in [-0.15, -0.1) is 0 Å². The molecular weight excluding hydrogens is 356 g/mol. The predicted octanol–water partition coefficient (Wildman–Crippen LogP) is 3.07. The third-order valence-electron chi connectivity index (χ3n) is 4.10. The van der Waals surface area contributed by atoms with E-state index in [1.165, 1.54) is 7.11 Å². The zero-order valence-corrected chi connectivity index (χ0v) is 15.1. The number of morpholine rings is 1. The highest BCUT2D eigenvalue weighted by atomic mass is 35.5. The van der Waals surface area contributed by atoms with E-state index < -0.39 is 0 Å². The van der Waals surface area contributed by atoms with Crippen LogP contribution in [0.15, 0.2) is 42.5 Å². The lowest BCUT2D eigenvalue weighted by molar-refractivity contribution is 0.0303. The molecule has 0 saturated carbocycles. The average Bonchev–Trinajstić information content (AvgIpc) is 2.68. The number of halogens is 1. The molecule has 1 aliphatic heterocycles. The number of ether oxygens (including phenoxy) is 2. The first-order chi connectivity index (χ1) is 12.6. The van der Waals surface area contributed by atoms with Crippen molar-refractivity contribution < 1.29 is 19.1 Å². The van der Waals surface area contributed by atoms with Crippen LogP contribution in [0.4, 0.5) is 5.69 Å². The summed E-state index contributed by atoms with van der Waals surface area (Å²) in [6.45, 7) is 2.31. The van der Waals surface area contributed by atoms with Crippen molar-refractivity contribution >= 4 is 29.1 Å². The highest BCUT2D eigenvalue weighted by molar-refractivity contribution is 6.32. The number of carbonyl (C=O) groups excluding carboxylic acids is 2. The number of anilines is 1. The third-order valence-corrected chi connectivity index (χ3v) is 4.40. The van der Waals surface area contributed by atoms with Crippen molar-refractivity contribution in [2.45, 2.75) is 0 Å². The van der Waals surface area contributed by atoms with Gasteiger partial charge in [0.15, 0.2) is 0 Å². The van der Waals surface area contributed by atoms with Crippen LogP contribution in [0, 0.1) is 0 Å². The molecule has 7 heteroatoms. The van der Waals surface area contributed by atoms with Crippen LogP contribution in [0.1, 0.15) is 20.7 Å². The van der Waals surface area contributed by atoms with Crippen molar-refractivity contribution in [3.05, 3.63) is 58.6 Å².